The quantitative estimate of drug-likeness (QED) is 0.269. The van der Waals surface area contributed by atoms with Crippen LogP contribution in [0.4, 0.5) is 0 Å². The molecule has 0 fully saturated rings. The van der Waals surface area contributed by atoms with Gasteiger partial charge in [0.1, 0.15) is 0 Å². The van der Waals surface area contributed by atoms with Crippen molar-refractivity contribution in [3.8, 4) is 0 Å². The summed E-state index contributed by atoms with van der Waals surface area (Å²) in [4.78, 5) is 0. The van der Waals surface area contributed by atoms with Crippen LogP contribution < -0.4 is 0 Å². The molecule has 0 bridgehead atoms. The molecule has 0 aromatic carbocycles. The van der Waals surface area contributed by atoms with E-state index in [2.05, 4.69) is 40.4 Å². The predicted octanol–water partition coefficient (Wildman–Crippen LogP) is 6.81. The van der Waals surface area contributed by atoms with E-state index in [0.29, 0.717) is 0 Å². The van der Waals surface area contributed by atoms with E-state index in [-0.39, 0.29) is 8.80 Å². The van der Waals surface area contributed by atoms with Crippen LogP contribution >= 0.6 is 0 Å². The van der Waals surface area contributed by atoms with Crippen LogP contribution in [0.15, 0.2) is 12.7 Å². The Balaban J connectivity index is 0. The van der Waals surface area contributed by atoms with E-state index in [1.807, 2.05) is 6.08 Å². The van der Waals surface area contributed by atoms with E-state index in [1.54, 1.807) is 13.3 Å². The minimum absolute atomic E-state index is 0.00360. The monoisotopic (exact) mass is 390 g/mol. The summed E-state index contributed by atoms with van der Waals surface area (Å²) >= 11 is -0.839. The van der Waals surface area contributed by atoms with E-state index < -0.39 is 19.8 Å². The Morgan fingerprint density at radius 3 is 1.37 bits per heavy atom. The summed E-state index contributed by atoms with van der Waals surface area (Å²) in [5, 5.41) is 0. The van der Waals surface area contributed by atoms with Gasteiger partial charge in [-0.15, -0.1) is 6.58 Å². The van der Waals surface area contributed by atoms with Gasteiger partial charge in [-0.1, -0.05) is 19.2 Å². The van der Waals surface area contributed by atoms with Crippen LogP contribution in [-0.2, 0) is 0 Å². The third-order valence-electron chi connectivity index (χ3n) is 3.20. The van der Waals surface area contributed by atoms with Gasteiger partial charge in [-0.25, -0.2) is 0 Å². The molecule has 0 atom stereocenters. The maximum absolute atomic E-state index is 3.63. The van der Waals surface area contributed by atoms with Crippen molar-refractivity contribution in [2.24, 2.45) is 0 Å². The second kappa shape index (κ2) is 18.8. The standard InChI is InChI=1S/C5H11Si.3C4H9.Sn/c1-4-5-6(2)3;3*1-3-4-2;/h4H,1,5H2,2-3H3;3*1,3-4H2,2H3;. The Morgan fingerprint density at radius 2 is 1.21 bits per heavy atom. The predicted molar refractivity (Wildman–Crippen MR) is 97.4 cm³/mol. The summed E-state index contributed by atoms with van der Waals surface area (Å²) in [6.07, 6.45) is 10.8. The van der Waals surface area contributed by atoms with Gasteiger partial charge in [0, 0.05) is 8.80 Å². The van der Waals surface area contributed by atoms with Gasteiger partial charge < -0.3 is 0 Å². The Bertz CT molecular complexity index is 150. The first-order valence-corrected chi connectivity index (χ1v) is 17.1. The van der Waals surface area contributed by atoms with E-state index in [1.165, 1.54) is 44.6 Å². The number of hydrogen-bond donors (Lipinski definition) is 0. The van der Waals surface area contributed by atoms with Crippen molar-refractivity contribution >= 4 is 28.6 Å². The van der Waals surface area contributed by atoms with E-state index in [4.69, 9.17) is 0 Å². The number of hydrogen-bond acceptors (Lipinski definition) is 0. The van der Waals surface area contributed by atoms with Gasteiger partial charge in [-0.2, -0.15) is 0 Å². The van der Waals surface area contributed by atoms with Crippen molar-refractivity contribution in [2.45, 2.75) is 91.7 Å². The van der Waals surface area contributed by atoms with Gasteiger partial charge in [0.2, 0.25) is 0 Å². The molecule has 0 saturated heterocycles. The summed E-state index contributed by atoms with van der Waals surface area (Å²) in [6.45, 7) is 15.2. The van der Waals surface area contributed by atoms with E-state index in [0.717, 1.165) is 0 Å². The average molecular weight is 389 g/mol. The van der Waals surface area contributed by atoms with Crippen molar-refractivity contribution in [3.05, 3.63) is 12.7 Å². The zero-order valence-electron chi connectivity index (χ0n) is 14.4. The molecule has 2 heteroatoms. The minimum atomic E-state index is -0.839. The Labute approximate surface area is 132 Å². The third kappa shape index (κ3) is 21.2. The number of allylic oxidation sites excluding steroid dienone is 1. The molecule has 0 heterocycles. The Morgan fingerprint density at radius 1 is 0.842 bits per heavy atom. The molecule has 0 aliphatic heterocycles. The summed E-state index contributed by atoms with van der Waals surface area (Å²) in [5.41, 5.74) is 0. The van der Waals surface area contributed by atoms with Crippen LogP contribution in [0.3, 0.4) is 0 Å². The van der Waals surface area contributed by atoms with Crippen molar-refractivity contribution in [2.75, 3.05) is 0 Å². The van der Waals surface area contributed by atoms with Gasteiger partial charge in [-0.3, -0.25) is 0 Å². The molecule has 0 aliphatic carbocycles. The zero-order chi connectivity index (χ0) is 14.9. The molecular weight excluding hydrogens is 351 g/mol. The van der Waals surface area contributed by atoms with Crippen LogP contribution in [0, 0.1) is 0 Å². The SMILES string of the molecule is C=CC[Si](C)C.CCC[CH2][Sn]([CH2]CCC)[CH2]CCC. The Hall–Kier alpha value is 0.756. The van der Waals surface area contributed by atoms with Crippen molar-refractivity contribution in [3.63, 3.8) is 0 Å². The molecule has 0 amide bonds. The molecule has 114 valence electrons. The second-order valence-electron chi connectivity index (χ2n) is 5.76. The molecule has 19 heavy (non-hydrogen) atoms. The van der Waals surface area contributed by atoms with Crippen molar-refractivity contribution < 1.29 is 0 Å². The van der Waals surface area contributed by atoms with Crippen LogP contribution in [-0.4, -0.2) is 28.6 Å². The number of rotatable bonds is 11. The molecule has 0 aromatic heterocycles. The first-order valence-electron chi connectivity index (χ1n) is 8.35. The molecule has 0 saturated carbocycles. The molecule has 0 nitrogen and oxygen atoms in total. The molecule has 0 spiro atoms. The average Bonchev–Trinajstić information content (AvgIpc) is 2.38. The molecular formula is C17H38SiSn. The molecule has 0 rings (SSSR count). The van der Waals surface area contributed by atoms with E-state index >= 15 is 0 Å². The molecule has 0 N–H and O–H groups in total. The van der Waals surface area contributed by atoms with Crippen molar-refractivity contribution in [1.82, 2.24) is 0 Å². The summed E-state index contributed by atoms with van der Waals surface area (Å²) in [5.74, 6) is 0. The summed E-state index contributed by atoms with van der Waals surface area (Å²) in [6, 6.07) is 1.24. The van der Waals surface area contributed by atoms with Crippen LogP contribution in [0.5, 0.6) is 0 Å². The number of unbranched alkanes of at least 4 members (excludes halogenated alkanes) is 3. The summed E-state index contributed by atoms with van der Waals surface area (Å²) in [7, 11) is -0.00360. The fraction of sp³-hybridized carbons (Fsp3) is 0.882. The van der Waals surface area contributed by atoms with Gasteiger partial charge in [-0.05, 0) is 6.04 Å². The first-order chi connectivity index (χ1) is 9.12. The fourth-order valence-electron chi connectivity index (χ4n) is 1.94. The summed E-state index contributed by atoms with van der Waals surface area (Å²) < 4.78 is 5.04. The van der Waals surface area contributed by atoms with Crippen molar-refractivity contribution in [1.29, 1.82) is 0 Å². The van der Waals surface area contributed by atoms with Crippen LogP contribution in [0.25, 0.3) is 0 Å². The fourth-order valence-corrected chi connectivity index (χ4v) is 12.0. The van der Waals surface area contributed by atoms with Crippen LogP contribution in [0.1, 0.15) is 59.3 Å². The maximum atomic E-state index is 3.63. The van der Waals surface area contributed by atoms with E-state index in [9.17, 15) is 0 Å². The first kappa shape index (κ1) is 22.0. The van der Waals surface area contributed by atoms with Crippen LogP contribution in [0.2, 0.25) is 32.4 Å². The topological polar surface area (TPSA) is 0 Å². The molecule has 0 unspecified atom stereocenters. The molecule has 0 aromatic rings. The normalized spacial score (nSPS) is 10.5. The van der Waals surface area contributed by atoms with Gasteiger partial charge >= 0.3 is 92.4 Å². The molecule has 2 radical (unpaired) electrons. The molecule has 0 aliphatic rings. The Kier molecular flexibility index (Phi) is 21.8. The second-order valence-corrected chi connectivity index (χ2v) is 17.1. The van der Waals surface area contributed by atoms with Gasteiger partial charge in [0.15, 0.2) is 0 Å². The third-order valence-corrected chi connectivity index (χ3v) is 13.4. The van der Waals surface area contributed by atoms with Gasteiger partial charge in [0.25, 0.3) is 0 Å². The zero-order valence-corrected chi connectivity index (χ0v) is 18.2. The van der Waals surface area contributed by atoms with Gasteiger partial charge in [0.05, 0.1) is 0 Å².